The van der Waals surface area contributed by atoms with E-state index < -0.39 is 18.0 Å². The van der Waals surface area contributed by atoms with Gasteiger partial charge in [-0.15, -0.1) is 0 Å². The highest BCUT2D eigenvalue weighted by atomic mass is 16.5. The number of nitrogens with zero attached hydrogens (tertiary/aromatic N) is 1. The number of aromatic nitrogens is 1. The molecule has 7 heteroatoms. The molecule has 1 aromatic heterocycles. The number of carbonyl (C=O) groups excluding carboxylic acids is 2. The number of amides is 1. The molecule has 0 aliphatic heterocycles. The van der Waals surface area contributed by atoms with E-state index in [9.17, 15) is 14.4 Å². The minimum atomic E-state index is -0.987. The second kappa shape index (κ2) is 7.96. The Morgan fingerprint density at radius 1 is 1.17 bits per heavy atom. The summed E-state index contributed by atoms with van der Waals surface area (Å²) in [6, 6.07) is 11.3. The molecule has 2 rings (SSSR count). The fourth-order valence-electron chi connectivity index (χ4n) is 1.94. The highest BCUT2D eigenvalue weighted by Crippen LogP contribution is 2.15. The molecular weight excluding hydrogens is 312 g/mol. The van der Waals surface area contributed by atoms with Gasteiger partial charge in [0, 0.05) is 18.0 Å². The molecule has 2 aromatic rings. The van der Waals surface area contributed by atoms with Gasteiger partial charge in [-0.2, -0.15) is 0 Å². The Kier molecular flexibility index (Phi) is 5.73. The Hall–Kier alpha value is -3.09. The van der Waals surface area contributed by atoms with Crippen LogP contribution in [0.15, 0.2) is 53.5 Å². The number of pyridine rings is 1. The van der Waals surface area contributed by atoms with Crippen molar-refractivity contribution in [2.75, 3.05) is 12.4 Å². The zero-order valence-electron chi connectivity index (χ0n) is 13.4. The summed E-state index contributed by atoms with van der Waals surface area (Å²) < 4.78 is 11.3. The van der Waals surface area contributed by atoms with E-state index in [4.69, 9.17) is 9.47 Å². The van der Waals surface area contributed by atoms with Crippen molar-refractivity contribution in [2.24, 2.45) is 0 Å². The summed E-state index contributed by atoms with van der Waals surface area (Å²) in [5.74, 6) is -0.463. The molecule has 1 aromatic carbocycles. The third-order valence-corrected chi connectivity index (χ3v) is 3.23. The van der Waals surface area contributed by atoms with Crippen LogP contribution in [0, 0.1) is 0 Å². The van der Waals surface area contributed by atoms with Gasteiger partial charge in [-0.05, 0) is 37.3 Å². The summed E-state index contributed by atoms with van der Waals surface area (Å²) in [5, 5.41) is 2.63. The number of benzene rings is 1. The first-order valence-corrected chi connectivity index (χ1v) is 7.29. The van der Waals surface area contributed by atoms with Gasteiger partial charge in [0.2, 0.25) is 0 Å². The summed E-state index contributed by atoms with van der Waals surface area (Å²) in [7, 11) is 1.55. The second-order valence-corrected chi connectivity index (χ2v) is 5.02. The molecule has 0 aliphatic carbocycles. The van der Waals surface area contributed by atoms with Crippen LogP contribution in [0.5, 0.6) is 5.75 Å². The van der Waals surface area contributed by atoms with Crippen LogP contribution in [0.1, 0.15) is 6.92 Å². The van der Waals surface area contributed by atoms with E-state index in [1.807, 2.05) is 0 Å². The molecule has 0 radical (unpaired) electrons. The molecule has 7 nitrogen and oxygen atoms in total. The average Bonchev–Trinajstić information content (AvgIpc) is 2.57. The SMILES string of the molecule is COc1ccc(NC(=O)[C@@H](C)OC(=O)Cn2ccccc2=O)cc1. The Morgan fingerprint density at radius 2 is 1.88 bits per heavy atom. The van der Waals surface area contributed by atoms with E-state index in [0.29, 0.717) is 11.4 Å². The van der Waals surface area contributed by atoms with Crippen LogP contribution >= 0.6 is 0 Å². The molecule has 0 saturated heterocycles. The lowest BCUT2D eigenvalue weighted by atomic mass is 10.3. The zero-order valence-corrected chi connectivity index (χ0v) is 13.4. The van der Waals surface area contributed by atoms with Gasteiger partial charge >= 0.3 is 5.97 Å². The summed E-state index contributed by atoms with van der Waals surface area (Å²) in [4.78, 5) is 35.4. The summed E-state index contributed by atoms with van der Waals surface area (Å²) in [6.07, 6.45) is 0.491. The number of ether oxygens (including phenoxy) is 2. The van der Waals surface area contributed by atoms with Gasteiger partial charge in [0.1, 0.15) is 12.3 Å². The lowest BCUT2D eigenvalue weighted by molar-refractivity contribution is -0.153. The van der Waals surface area contributed by atoms with E-state index in [1.54, 1.807) is 43.5 Å². The van der Waals surface area contributed by atoms with Gasteiger partial charge < -0.3 is 19.4 Å². The average molecular weight is 330 g/mol. The molecule has 126 valence electrons. The first-order valence-electron chi connectivity index (χ1n) is 7.29. The number of anilines is 1. The lowest BCUT2D eigenvalue weighted by Crippen LogP contribution is -2.32. The molecule has 0 aliphatic rings. The number of methoxy groups -OCH3 is 1. The van der Waals surface area contributed by atoms with Gasteiger partial charge in [-0.25, -0.2) is 0 Å². The van der Waals surface area contributed by atoms with Gasteiger partial charge in [0.25, 0.3) is 11.5 Å². The fraction of sp³-hybridized carbons (Fsp3) is 0.235. The van der Waals surface area contributed by atoms with Crippen LogP contribution in [0.3, 0.4) is 0 Å². The van der Waals surface area contributed by atoms with Crippen LogP contribution in [-0.2, 0) is 20.9 Å². The zero-order chi connectivity index (χ0) is 17.5. The Balaban J connectivity index is 1.89. The molecule has 0 unspecified atom stereocenters. The monoisotopic (exact) mass is 330 g/mol. The predicted octanol–water partition coefficient (Wildman–Crippen LogP) is 1.43. The van der Waals surface area contributed by atoms with Crippen molar-refractivity contribution in [2.45, 2.75) is 19.6 Å². The molecule has 1 N–H and O–H groups in total. The molecule has 0 fully saturated rings. The third-order valence-electron chi connectivity index (χ3n) is 3.23. The largest absolute Gasteiger partial charge is 0.497 e. The van der Waals surface area contributed by atoms with Crippen LogP contribution in [0.4, 0.5) is 5.69 Å². The number of rotatable bonds is 6. The first-order chi connectivity index (χ1) is 11.5. The summed E-state index contributed by atoms with van der Waals surface area (Å²) in [6.45, 7) is 1.21. The maximum absolute atomic E-state index is 12.0. The van der Waals surface area contributed by atoms with E-state index in [1.165, 1.54) is 23.8 Å². The number of esters is 1. The molecule has 1 heterocycles. The summed E-state index contributed by atoms with van der Waals surface area (Å²) >= 11 is 0. The molecule has 0 saturated carbocycles. The quantitative estimate of drug-likeness (QED) is 0.810. The fourth-order valence-corrected chi connectivity index (χ4v) is 1.94. The van der Waals surface area contributed by atoms with Crippen molar-refractivity contribution in [3.05, 3.63) is 59.0 Å². The van der Waals surface area contributed by atoms with Crippen molar-refractivity contribution >= 4 is 17.6 Å². The molecule has 0 bridgehead atoms. The molecule has 24 heavy (non-hydrogen) atoms. The maximum Gasteiger partial charge on any atom is 0.326 e. The van der Waals surface area contributed by atoms with Crippen molar-refractivity contribution < 1.29 is 19.1 Å². The minimum Gasteiger partial charge on any atom is -0.497 e. The van der Waals surface area contributed by atoms with Crippen LogP contribution in [0.2, 0.25) is 0 Å². The molecule has 1 amide bonds. The lowest BCUT2D eigenvalue weighted by Gasteiger charge is -2.14. The maximum atomic E-state index is 12.0. The van der Waals surface area contributed by atoms with Gasteiger partial charge in [-0.3, -0.25) is 14.4 Å². The highest BCUT2D eigenvalue weighted by molar-refractivity contribution is 5.95. The highest BCUT2D eigenvalue weighted by Gasteiger charge is 2.18. The van der Waals surface area contributed by atoms with Crippen molar-refractivity contribution in [3.8, 4) is 5.75 Å². The first kappa shape index (κ1) is 17.3. The topological polar surface area (TPSA) is 86.6 Å². The number of hydrogen-bond acceptors (Lipinski definition) is 5. The Bertz CT molecular complexity index is 767. The normalized spacial score (nSPS) is 11.4. The molecular formula is C17H18N2O5. The standard InChI is InChI=1S/C17H18N2O5/c1-12(17(22)18-13-6-8-14(23-2)9-7-13)24-16(21)11-19-10-4-3-5-15(19)20/h3-10,12H,11H2,1-2H3,(H,18,22)/t12-/m1/s1. The van der Waals surface area contributed by atoms with Crippen LogP contribution in [-0.4, -0.2) is 29.7 Å². The number of nitrogens with one attached hydrogen (secondary N) is 1. The van der Waals surface area contributed by atoms with E-state index in [2.05, 4.69) is 5.32 Å². The van der Waals surface area contributed by atoms with E-state index >= 15 is 0 Å². The number of hydrogen-bond donors (Lipinski definition) is 1. The third kappa shape index (κ3) is 4.70. The van der Waals surface area contributed by atoms with Gasteiger partial charge in [-0.1, -0.05) is 6.07 Å². The second-order valence-electron chi connectivity index (χ2n) is 5.02. The molecule has 1 atom stereocenters. The minimum absolute atomic E-state index is 0.250. The van der Waals surface area contributed by atoms with E-state index in [0.717, 1.165) is 0 Å². The summed E-state index contributed by atoms with van der Waals surface area (Å²) in [5.41, 5.74) is 0.243. The Morgan fingerprint density at radius 3 is 2.50 bits per heavy atom. The van der Waals surface area contributed by atoms with Gasteiger partial charge in [0.15, 0.2) is 6.10 Å². The van der Waals surface area contributed by atoms with Crippen LogP contribution in [0.25, 0.3) is 0 Å². The smallest absolute Gasteiger partial charge is 0.326 e. The van der Waals surface area contributed by atoms with Gasteiger partial charge in [0.05, 0.1) is 7.11 Å². The van der Waals surface area contributed by atoms with Crippen molar-refractivity contribution in [1.29, 1.82) is 0 Å². The Labute approximate surface area is 138 Å². The van der Waals surface area contributed by atoms with Crippen molar-refractivity contribution in [1.82, 2.24) is 4.57 Å². The number of carbonyl (C=O) groups is 2. The van der Waals surface area contributed by atoms with Crippen molar-refractivity contribution in [3.63, 3.8) is 0 Å². The predicted molar refractivity (Wildman–Crippen MR) is 87.9 cm³/mol. The molecule has 0 spiro atoms. The van der Waals surface area contributed by atoms with E-state index in [-0.39, 0.29) is 12.1 Å². The van der Waals surface area contributed by atoms with Crippen LogP contribution < -0.4 is 15.6 Å².